The summed E-state index contributed by atoms with van der Waals surface area (Å²) in [5.74, 6) is 1.16. The lowest BCUT2D eigenvalue weighted by molar-refractivity contribution is 0.0720. The number of piperidine rings is 1. The molecule has 4 rings (SSSR count). The van der Waals surface area contributed by atoms with E-state index < -0.39 is 16.1 Å². The molecule has 2 aliphatic heterocycles. The zero-order valence-corrected chi connectivity index (χ0v) is 19.9. The van der Waals surface area contributed by atoms with Crippen LogP contribution in [-0.4, -0.2) is 51.8 Å². The molecule has 0 aliphatic carbocycles. The van der Waals surface area contributed by atoms with Crippen LogP contribution in [0, 0.1) is 0 Å². The summed E-state index contributed by atoms with van der Waals surface area (Å²) in [6.45, 7) is 4.16. The molecule has 1 N–H and O–H groups in total. The first-order valence-electron chi connectivity index (χ1n) is 10.8. The number of carbonyl (C=O) groups excluding carboxylic acids is 1. The number of carbonyl (C=O) groups is 1. The Bertz CT molecular complexity index is 1100. The molecule has 2 aromatic carbocycles. The number of ether oxygens (including phenoxy) is 2. The van der Waals surface area contributed by atoms with E-state index in [0.29, 0.717) is 43.4 Å². The van der Waals surface area contributed by atoms with E-state index >= 15 is 0 Å². The summed E-state index contributed by atoms with van der Waals surface area (Å²) in [6.07, 6.45) is 4.97. The molecule has 1 amide bonds. The minimum atomic E-state index is -3.84. The fourth-order valence-electron chi connectivity index (χ4n) is 3.99. The van der Waals surface area contributed by atoms with Crippen LogP contribution in [0.25, 0.3) is 0 Å². The first-order chi connectivity index (χ1) is 15.4. The van der Waals surface area contributed by atoms with Gasteiger partial charge in [-0.1, -0.05) is 6.07 Å². The van der Waals surface area contributed by atoms with E-state index in [4.69, 9.17) is 9.47 Å². The van der Waals surface area contributed by atoms with Crippen molar-refractivity contribution in [2.45, 2.75) is 42.0 Å². The van der Waals surface area contributed by atoms with Gasteiger partial charge in [0.2, 0.25) is 10.0 Å². The molecule has 2 aromatic rings. The number of fused-ring (bicyclic) bond motifs is 1. The van der Waals surface area contributed by atoms with Crippen molar-refractivity contribution in [2.75, 3.05) is 32.6 Å². The van der Waals surface area contributed by atoms with E-state index in [0.717, 1.165) is 29.7 Å². The summed E-state index contributed by atoms with van der Waals surface area (Å²) in [6, 6.07) is 9.69. The lowest BCUT2D eigenvalue weighted by Crippen LogP contribution is -2.36. The molecular formula is C23H28N2O5S2. The fraction of sp³-hybridized carbons (Fsp3) is 0.435. The Morgan fingerprint density at radius 1 is 1.03 bits per heavy atom. The summed E-state index contributed by atoms with van der Waals surface area (Å²) in [7, 11) is -3.84. The van der Waals surface area contributed by atoms with Crippen LogP contribution in [0.2, 0.25) is 0 Å². The van der Waals surface area contributed by atoms with Crippen LogP contribution in [-0.2, 0) is 10.0 Å². The normalized spacial score (nSPS) is 17.1. The molecule has 0 saturated carbocycles. The lowest BCUT2D eigenvalue weighted by atomic mass is 10.1. The minimum Gasteiger partial charge on any atom is -0.486 e. The number of nitrogens with zero attached hydrogens (tertiary/aromatic N) is 1. The number of likely N-dealkylation sites (tertiary alicyclic amines) is 1. The largest absolute Gasteiger partial charge is 0.486 e. The topological polar surface area (TPSA) is 84.9 Å². The number of thioether (sulfide) groups is 1. The molecule has 0 bridgehead atoms. The van der Waals surface area contributed by atoms with E-state index in [9.17, 15) is 13.2 Å². The molecule has 0 aromatic heterocycles. The van der Waals surface area contributed by atoms with Gasteiger partial charge >= 0.3 is 0 Å². The highest BCUT2D eigenvalue weighted by atomic mass is 32.2. The second kappa shape index (κ2) is 9.72. The summed E-state index contributed by atoms with van der Waals surface area (Å²) in [5, 5.41) is 0. The average Bonchev–Trinajstić information content (AvgIpc) is 2.83. The van der Waals surface area contributed by atoms with Crippen molar-refractivity contribution < 1.29 is 22.7 Å². The van der Waals surface area contributed by atoms with Gasteiger partial charge in [0.15, 0.2) is 11.5 Å². The van der Waals surface area contributed by atoms with Crippen molar-refractivity contribution in [1.82, 2.24) is 9.62 Å². The Balaban J connectivity index is 1.57. The van der Waals surface area contributed by atoms with Crippen molar-refractivity contribution in [1.29, 1.82) is 0 Å². The van der Waals surface area contributed by atoms with E-state index in [1.165, 1.54) is 17.8 Å². The first-order valence-corrected chi connectivity index (χ1v) is 13.5. The Morgan fingerprint density at radius 3 is 2.47 bits per heavy atom. The number of hydrogen-bond acceptors (Lipinski definition) is 6. The number of nitrogens with one attached hydrogen (secondary N) is 1. The molecular weight excluding hydrogens is 448 g/mol. The predicted octanol–water partition coefficient (Wildman–Crippen LogP) is 3.85. The molecule has 0 spiro atoms. The summed E-state index contributed by atoms with van der Waals surface area (Å²) >= 11 is 1.44. The molecule has 9 heteroatoms. The molecule has 0 radical (unpaired) electrons. The standard InChI is InChI=1S/C23H28N2O5S2/c1-16(17-6-8-20-21(14-17)30-13-12-29-20)24-32(27,28)18-7-9-22(31-2)19(15-18)23(26)25-10-4-3-5-11-25/h6-9,14-16,24H,3-5,10-13H2,1-2H3/t16-/m1/s1. The van der Waals surface area contributed by atoms with Gasteiger partial charge in [0.25, 0.3) is 5.91 Å². The van der Waals surface area contributed by atoms with Gasteiger partial charge in [0.05, 0.1) is 10.5 Å². The van der Waals surface area contributed by atoms with Gasteiger partial charge in [0, 0.05) is 24.0 Å². The van der Waals surface area contributed by atoms with Crippen LogP contribution >= 0.6 is 11.8 Å². The Morgan fingerprint density at radius 2 is 1.75 bits per heavy atom. The van der Waals surface area contributed by atoms with Crippen molar-refractivity contribution >= 4 is 27.7 Å². The zero-order valence-electron chi connectivity index (χ0n) is 18.3. The highest BCUT2D eigenvalue weighted by molar-refractivity contribution is 7.98. The maximum atomic E-state index is 13.2. The molecule has 1 atom stereocenters. The quantitative estimate of drug-likeness (QED) is 0.638. The third-order valence-corrected chi connectivity index (χ3v) is 8.09. The molecule has 2 aliphatic rings. The van der Waals surface area contributed by atoms with E-state index in [1.807, 2.05) is 17.2 Å². The monoisotopic (exact) mass is 476 g/mol. The smallest absolute Gasteiger partial charge is 0.255 e. The molecule has 32 heavy (non-hydrogen) atoms. The van der Waals surface area contributed by atoms with Crippen molar-refractivity contribution in [3.05, 3.63) is 47.5 Å². The van der Waals surface area contributed by atoms with Gasteiger partial charge in [-0.2, -0.15) is 0 Å². The second-order valence-electron chi connectivity index (χ2n) is 7.96. The average molecular weight is 477 g/mol. The van der Waals surface area contributed by atoms with E-state index in [1.54, 1.807) is 31.2 Å². The minimum absolute atomic E-state index is 0.0834. The zero-order chi connectivity index (χ0) is 22.7. The van der Waals surface area contributed by atoms with Crippen LogP contribution in [0.5, 0.6) is 11.5 Å². The predicted molar refractivity (Wildman–Crippen MR) is 124 cm³/mol. The number of benzene rings is 2. The van der Waals surface area contributed by atoms with E-state index in [2.05, 4.69) is 4.72 Å². The van der Waals surface area contributed by atoms with E-state index in [-0.39, 0.29) is 10.8 Å². The Kier molecular flexibility index (Phi) is 6.97. The second-order valence-corrected chi connectivity index (χ2v) is 10.5. The van der Waals surface area contributed by atoms with Crippen molar-refractivity contribution in [3.8, 4) is 11.5 Å². The van der Waals surface area contributed by atoms with Gasteiger partial charge in [-0.3, -0.25) is 4.79 Å². The Hall–Kier alpha value is -2.23. The molecule has 0 unspecified atom stereocenters. The first kappa shape index (κ1) is 22.9. The van der Waals surface area contributed by atoms with Gasteiger partial charge in [0.1, 0.15) is 13.2 Å². The maximum Gasteiger partial charge on any atom is 0.255 e. The number of amides is 1. The van der Waals surface area contributed by atoms with Gasteiger partial charge in [-0.15, -0.1) is 11.8 Å². The van der Waals surface area contributed by atoms with Crippen LogP contribution < -0.4 is 14.2 Å². The highest BCUT2D eigenvalue weighted by Crippen LogP contribution is 2.33. The molecule has 1 fully saturated rings. The molecule has 2 heterocycles. The summed E-state index contributed by atoms with van der Waals surface area (Å²) in [5.41, 5.74) is 1.21. The number of rotatable bonds is 6. The molecule has 172 valence electrons. The number of sulfonamides is 1. The molecule has 7 nitrogen and oxygen atoms in total. The van der Waals surface area contributed by atoms with Crippen LogP contribution in [0.1, 0.15) is 48.1 Å². The number of hydrogen-bond donors (Lipinski definition) is 1. The van der Waals surface area contributed by atoms with Crippen LogP contribution in [0.4, 0.5) is 0 Å². The van der Waals surface area contributed by atoms with Crippen molar-refractivity contribution in [2.24, 2.45) is 0 Å². The maximum absolute atomic E-state index is 13.2. The summed E-state index contributed by atoms with van der Waals surface area (Å²) in [4.78, 5) is 15.8. The summed E-state index contributed by atoms with van der Waals surface area (Å²) < 4.78 is 40.2. The van der Waals surface area contributed by atoms with Crippen LogP contribution in [0.15, 0.2) is 46.2 Å². The third kappa shape index (κ3) is 4.89. The fourth-order valence-corrected chi connectivity index (χ4v) is 5.81. The molecule has 1 saturated heterocycles. The van der Waals surface area contributed by atoms with Gasteiger partial charge in [-0.25, -0.2) is 13.1 Å². The highest BCUT2D eigenvalue weighted by Gasteiger charge is 2.25. The Labute approximate surface area is 193 Å². The van der Waals surface area contributed by atoms with Crippen molar-refractivity contribution in [3.63, 3.8) is 0 Å². The SMILES string of the molecule is CSc1ccc(S(=O)(=O)N[C@H](C)c2ccc3c(c2)OCCO3)cc1C(=O)N1CCCCC1. The lowest BCUT2D eigenvalue weighted by Gasteiger charge is -2.27. The van der Waals surface area contributed by atoms with Gasteiger partial charge < -0.3 is 14.4 Å². The van der Waals surface area contributed by atoms with Crippen LogP contribution in [0.3, 0.4) is 0 Å². The van der Waals surface area contributed by atoms with Gasteiger partial charge in [-0.05, 0) is 68.3 Å². The third-order valence-electron chi connectivity index (χ3n) is 5.75.